The summed E-state index contributed by atoms with van der Waals surface area (Å²) in [5, 5.41) is 22.4. The molecule has 1 aromatic carbocycles. The van der Waals surface area contributed by atoms with Crippen molar-refractivity contribution in [1.29, 1.82) is 0 Å². The molecule has 0 spiro atoms. The number of phenols is 2. The Bertz CT molecular complexity index is 1210. The third kappa shape index (κ3) is 4.50. The van der Waals surface area contributed by atoms with Gasteiger partial charge in [0.25, 0.3) is 5.56 Å². The van der Waals surface area contributed by atoms with Crippen molar-refractivity contribution in [3.8, 4) is 11.5 Å². The Morgan fingerprint density at radius 2 is 1.75 bits per heavy atom. The number of anilines is 1. The molecule has 0 bridgehead atoms. The summed E-state index contributed by atoms with van der Waals surface area (Å²) in [6.45, 7) is 7.59. The zero-order valence-electron chi connectivity index (χ0n) is 19.1. The molecular weight excluding hydrogens is 412 g/mol. The molecule has 0 saturated carbocycles. The molecule has 0 aliphatic heterocycles. The first-order valence-electron chi connectivity index (χ1n) is 10.9. The summed E-state index contributed by atoms with van der Waals surface area (Å²) in [6, 6.07) is 4.83. The predicted octanol–water partition coefficient (Wildman–Crippen LogP) is 0.914. The van der Waals surface area contributed by atoms with E-state index in [-0.39, 0.29) is 22.7 Å². The standard InChI is InChI=1S/C22H32N6O4/c1-5-27(6-2)21-24-19-18(20(31)26(4)22(32)25(19)3)28(21)13-7-11-23-12-10-15-8-9-16(29)17(30)14-15/h8-9,14,23,29-30H,5-7,10-13H2,1-4H3. The van der Waals surface area contributed by atoms with Crippen molar-refractivity contribution in [3.63, 3.8) is 0 Å². The van der Waals surface area contributed by atoms with Crippen LogP contribution < -0.4 is 21.5 Å². The molecule has 0 saturated heterocycles. The molecule has 3 N–H and O–H groups in total. The fourth-order valence-electron chi connectivity index (χ4n) is 3.84. The van der Waals surface area contributed by atoms with Gasteiger partial charge in [0, 0.05) is 33.7 Å². The van der Waals surface area contributed by atoms with Gasteiger partial charge in [0.15, 0.2) is 22.7 Å². The SMILES string of the molecule is CCN(CC)c1nc2c(c(=O)n(C)c(=O)n2C)n1CCCNCCc1ccc(O)c(O)c1. The van der Waals surface area contributed by atoms with E-state index in [4.69, 9.17) is 0 Å². The van der Waals surface area contributed by atoms with E-state index in [0.717, 1.165) is 42.6 Å². The lowest BCUT2D eigenvalue weighted by atomic mass is 10.1. The molecular formula is C22H32N6O4. The summed E-state index contributed by atoms with van der Waals surface area (Å²) in [4.78, 5) is 32.0. The van der Waals surface area contributed by atoms with Gasteiger partial charge in [-0.25, -0.2) is 4.79 Å². The van der Waals surface area contributed by atoms with Crippen LogP contribution in [-0.2, 0) is 27.1 Å². The van der Waals surface area contributed by atoms with Crippen molar-refractivity contribution in [3.05, 3.63) is 44.6 Å². The number of nitrogens with zero attached hydrogens (tertiary/aromatic N) is 5. The summed E-state index contributed by atoms with van der Waals surface area (Å²) >= 11 is 0. The normalized spacial score (nSPS) is 11.4. The van der Waals surface area contributed by atoms with E-state index in [1.54, 1.807) is 19.2 Å². The van der Waals surface area contributed by atoms with Crippen LogP contribution >= 0.6 is 0 Å². The van der Waals surface area contributed by atoms with Crippen LogP contribution in [0.3, 0.4) is 0 Å². The maximum absolute atomic E-state index is 12.9. The van der Waals surface area contributed by atoms with Crippen molar-refractivity contribution < 1.29 is 10.2 Å². The molecule has 0 radical (unpaired) electrons. The molecule has 0 aliphatic carbocycles. The lowest BCUT2D eigenvalue weighted by Crippen LogP contribution is -2.37. The molecule has 3 rings (SSSR count). The van der Waals surface area contributed by atoms with Crippen LogP contribution in [0.1, 0.15) is 25.8 Å². The maximum Gasteiger partial charge on any atom is 0.332 e. The van der Waals surface area contributed by atoms with Gasteiger partial charge in [-0.1, -0.05) is 6.07 Å². The number of nitrogens with one attached hydrogen (secondary N) is 1. The average molecular weight is 445 g/mol. The number of hydrogen-bond donors (Lipinski definition) is 3. The lowest BCUT2D eigenvalue weighted by Gasteiger charge is -2.21. The van der Waals surface area contributed by atoms with Gasteiger partial charge >= 0.3 is 5.69 Å². The van der Waals surface area contributed by atoms with E-state index in [2.05, 4.69) is 15.2 Å². The molecule has 0 atom stereocenters. The number of rotatable bonds is 10. The minimum absolute atomic E-state index is 0.116. The van der Waals surface area contributed by atoms with Crippen LogP contribution in [-0.4, -0.2) is 55.1 Å². The Morgan fingerprint density at radius 1 is 1.03 bits per heavy atom. The number of aromatic hydroxyl groups is 2. The van der Waals surface area contributed by atoms with E-state index < -0.39 is 0 Å². The highest BCUT2D eigenvalue weighted by Gasteiger charge is 2.21. The highest BCUT2D eigenvalue weighted by Crippen LogP contribution is 2.25. The molecule has 2 aromatic heterocycles. The van der Waals surface area contributed by atoms with Crippen LogP contribution in [0.2, 0.25) is 0 Å². The van der Waals surface area contributed by atoms with Gasteiger partial charge in [0.05, 0.1) is 0 Å². The van der Waals surface area contributed by atoms with Gasteiger partial charge in [-0.15, -0.1) is 0 Å². The van der Waals surface area contributed by atoms with E-state index >= 15 is 0 Å². The molecule has 10 heteroatoms. The Labute approximate surface area is 186 Å². The molecule has 0 aliphatic rings. The molecule has 3 aromatic rings. The smallest absolute Gasteiger partial charge is 0.332 e. The topological polar surface area (TPSA) is 118 Å². The van der Waals surface area contributed by atoms with Gasteiger partial charge in [0.2, 0.25) is 5.95 Å². The van der Waals surface area contributed by atoms with Crippen molar-refractivity contribution in [2.75, 3.05) is 31.1 Å². The molecule has 10 nitrogen and oxygen atoms in total. The minimum Gasteiger partial charge on any atom is -0.504 e. The molecule has 0 amide bonds. The Kier molecular flexibility index (Phi) is 7.24. The second kappa shape index (κ2) is 9.90. The lowest BCUT2D eigenvalue weighted by molar-refractivity contribution is 0.403. The minimum atomic E-state index is -0.389. The number of hydrogen-bond acceptors (Lipinski definition) is 7. The monoisotopic (exact) mass is 444 g/mol. The van der Waals surface area contributed by atoms with Gasteiger partial charge in [-0.05, 0) is 57.5 Å². The first-order valence-corrected chi connectivity index (χ1v) is 10.9. The van der Waals surface area contributed by atoms with Gasteiger partial charge in [-0.2, -0.15) is 4.98 Å². The van der Waals surface area contributed by atoms with Crippen LogP contribution in [0.15, 0.2) is 27.8 Å². The zero-order chi connectivity index (χ0) is 23.4. The highest BCUT2D eigenvalue weighted by atomic mass is 16.3. The first kappa shape index (κ1) is 23.4. The number of aryl methyl sites for hydroxylation is 2. The number of phenolic OH excluding ortho intramolecular Hbond substituents is 2. The zero-order valence-corrected chi connectivity index (χ0v) is 19.1. The molecule has 0 unspecified atom stereocenters. The van der Waals surface area contributed by atoms with Gasteiger partial charge in [-0.3, -0.25) is 13.9 Å². The summed E-state index contributed by atoms with van der Waals surface area (Å²) in [5.41, 5.74) is 1.05. The largest absolute Gasteiger partial charge is 0.504 e. The van der Waals surface area contributed by atoms with Crippen LogP contribution in [0.25, 0.3) is 11.2 Å². The van der Waals surface area contributed by atoms with Crippen LogP contribution in [0.5, 0.6) is 11.5 Å². The van der Waals surface area contributed by atoms with E-state index in [9.17, 15) is 19.8 Å². The summed E-state index contributed by atoms with van der Waals surface area (Å²) < 4.78 is 4.47. The maximum atomic E-state index is 12.9. The second-order valence-electron chi connectivity index (χ2n) is 7.79. The third-order valence-corrected chi connectivity index (χ3v) is 5.74. The number of imidazole rings is 1. The van der Waals surface area contributed by atoms with Crippen molar-refractivity contribution in [2.24, 2.45) is 14.1 Å². The van der Waals surface area contributed by atoms with Crippen molar-refractivity contribution in [1.82, 2.24) is 24.0 Å². The summed E-state index contributed by atoms with van der Waals surface area (Å²) in [5.74, 6) is 0.458. The number of aromatic nitrogens is 4. The van der Waals surface area contributed by atoms with E-state index in [1.165, 1.54) is 17.7 Å². The summed E-state index contributed by atoms with van der Waals surface area (Å²) in [6.07, 6.45) is 1.49. The summed E-state index contributed by atoms with van der Waals surface area (Å²) in [7, 11) is 3.12. The molecule has 0 fully saturated rings. The number of benzene rings is 1. The Hall–Kier alpha value is -3.27. The molecule has 174 valence electrons. The second-order valence-corrected chi connectivity index (χ2v) is 7.79. The Morgan fingerprint density at radius 3 is 2.41 bits per heavy atom. The quantitative estimate of drug-likeness (QED) is 0.314. The fraction of sp³-hybridized carbons (Fsp3) is 0.500. The fourth-order valence-corrected chi connectivity index (χ4v) is 3.84. The predicted molar refractivity (Wildman–Crippen MR) is 125 cm³/mol. The first-order chi connectivity index (χ1) is 15.3. The molecule has 32 heavy (non-hydrogen) atoms. The molecule has 2 heterocycles. The average Bonchev–Trinajstić information content (AvgIpc) is 3.16. The van der Waals surface area contributed by atoms with E-state index in [0.29, 0.717) is 30.2 Å². The highest BCUT2D eigenvalue weighted by molar-refractivity contribution is 5.74. The van der Waals surface area contributed by atoms with Crippen LogP contribution in [0.4, 0.5) is 5.95 Å². The Balaban J connectivity index is 1.74. The van der Waals surface area contributed by atoms with Gasteiger partial charge < -0.3 is 25.0 Å². The van der Waals surface area contributed by atoms with Gasteiger partial charge in [0.1, 0.15) is 0 Å². The third-order valence-electron chi connectivity index (χ3n) is 5.74. The van der Waals surface area contributed by atoms with E-state index in [1.807, 2.05) is 18.4 Å². The van der Waals surface area contributed by atoms with Crippen molar-refractivity contribution >= 4 is 17.1 Å². The van der Waals surface area contributed by atoms with Crippen LogP contribution in [0, 0.1) is 0 Å². The van der Waals surface area contributed by atoms with Crippen molar-refractivity contribution in [2.45, 2.75) is 33.2 Å². The number of fused-ring (bicyclic) bond motifs is 1.